The Morgan fingerprint density at radius 1 is 1.36 bits per heavy atom. The van der Waals surface area contributed by atoms with Crippen molar-refractivity contribution in [1.29, 1.82) is 0 Å². The number of aliphatic carboxylic acids is 1. The molecule has 4 heteroatoms. The standard InChI is InChI=1S/C10H10Cl2O2/c1-10(2,9(13)14)7-4-3-6(11)5-8(7)12/h3-5H,1-2H3,(H,13,14). The van der Waals surface area contributed by atoms with Crippen molar-refractivity contribution in [3.63, 3.8) is 0 Å². The van der Waals surface area contributed by atoms with Crippen LogP contribution in [-0.4, -0.2) is 11.1 Å². The molecule has 0 saturated carbocycles. The van der Waals surface area contributed by atoms with E-state index in [1.54, 1.807) is 32.0 Å². The first kappa shape index (κ1) is 11.3. The van der Waals surface area contributed by atoms with E-state index >= 15 is 0 Å². The maximum absolute atomic E-state index is 11.0. The quantitative estimate of drug-likeness (QED) is 0.850. The second-order valence-corrected chi connectivity index (χ2v) is 4.40. The second-order valence-electron chi connectivity index (χ2n) is 3.55. The van der Waals surface area contributed by atoms with Crippen molar-refractivity contribution in [2.24, 2.45) is 0 Å². The number of carboxylic acids is 1. The second kappa shape index (κ2) is 3.79. The first-order valence-corrected chi connectivity index (χ1v) is 4.80. The molecule has 14 heavy (non-hydrogen) atoms. The third-order valence-electron chi connectivity index (χ3n) is 2.14. The van der Waals surface area contributed by atoms with Crippen molar-refractivity contribution in [3.8, 4) is 0 Å². The van der Waals surface area contributed by atoms with Crippen LogP contribution in [0.25, 0.3) is 0 Å². The summed E-state index contributed by atoms with van der Waals surface area (Å²) in [4.78, 5) is 11.0. The summed E-state index contributed by atoms with van der Waals surface area (Å²) in [6.07, 6.45) is 0. The molecular formula is C10H10Cl2O2. The molecule has 0 aliphatic carbocycles. The summed E-state index contributed by atoms with van der Waals surface area (Å²) in [6, 6.07) is 4.81. The summed E-state index contributed by atoms with van der Waals surface area (Å²) in [5.41, 5.74) is -0.433. The molecule has 0 unspecified atom stereocenters. The lowest BCUT2D eigenvalue weighted by Gasteiger charge is -2.20. The number of hydrogen-bond donors (Lipinski definition) is 1. The van der Waals surface area contributed by atoms with E-state index in [4.69, 9.17) is 28.3 Å². The normalized spacial score (nSPS) is 11.4. The van der Waals surface area contributed by atoms with Gasteiger partial charge in [-0.05, 0) is 31.5 Å². The van der Waals surface area contributed by atoms with Crippen LogP contribution in [0.3, 0.4) is 0 Å². The Morgan fingerprint density at radius 3 is 2.36 bits per heavy atom. The van der Waals surface area contributed by atoms with Crippen molar-refractivity contribution < 1.29 is 9.90 Å². The van der Waals surface area contributed by atoms with Crippen molar-refractivity contribution in [2.45, 2.75) is 19.3 Å². The molecule has 0 aromatic heterocycles. The lowest BCUT2D eigenvalue weighted by atomic mass is 9.85. The van der Waals surface area contributed by atoms with Crippen LogP contribution in [0.4, 0.5) is 0 Å². The zero-order valence-electron chi connectivity index (χ0n) is 7.84. The van der Waals surface area contributed by atoms with Crippen molar-refractivity contribution >= 4 is 29.2 Å². The summed E-state index contributed by atoms with van der Waals surface area (Å²) in [7, 11) is 0. The number of hydrogen-bond acceptors (Lipinski definition) is 1. The topological polar surface area (TPSA) is 37.3 Å². The molecule has 1 aromatic carbocycles. The molecule has 0 fully saturated rings. The summed E-state index contributed by atoms with van der Waals surface area (Å²) in [5.74, 6) is -0.915. The summed E-state index contributed by atoms with van der Waals surface area (Å²) >= 11 is 11.6. The molecule has 1 rings (SSSR count). The molecule has 0 heterocycles. The monoisotopic (exact) mass is 232 g/mol. The van der Waals surface area contributed by atoms with E-state index in [2.05, 4.69) is 0 Å². The number of carboxylic acid groups (broad SMARTS) is 1. The van der Waals surface area contributed by atoms with E-state index in [1.165, 1.54) is 0 Å². The van der Waals surface area contributed by atoms with E-state index in [-0.39, 0.29) is 0 Å². The van der Waals surface area contributed by atoms with Crippen LogP contribution in [0.15, 0.2) is 18.2 Å². The largest absolute Gasteiger partial charge is 0.481 e. The highest BCUT2D eigenvalue weighted by atomic mass is 35.5. The molecule has 0 aliphatic rings. The molecule has 2 nitrogen and oxygen atoms in total. The Morgan fingerprint density at radius 2 is 1.93 bits per heavy atom. The Balaban J connectivity index is 3.26. The van der Waals surface area contributed by atoms with Crippen molar-refractivity contribution in [2.75, 3.05) is 0 Å². The maximum Gasteiger partial charge on any atom is 0.313 e. The van der Waals surface area contributed by atoms with Crippen LogP contribution in [0.2, 0.25) is 10.0 Å². The molecule has 76 valence electrons. The van der Waals surface area contributed by atoms with Crippen LogP contribution < -0.4 is 0 Å². The van der Waals surface area contributed by atoms with Gasteiger partial charge in [-0.15, -0.1) is 0 Å². The molecule has 1 aromatic rings. The highest BCUT2D eigenvalue weighted by Crippen LogP contribution is 2.31. The molecule has 0 bridgehead atoms. The van der Waals surface area contributed by atoms with Gasteiger partial charge in [-0.2, -0.15) is 0 Å². The average Bonchev–Trinajstić information content (AvgIpc) is 2.02. The fraction of sp³-hybridized carbons (Fsp3) is 0.300. The van der Waals surface area contributed by atoms with Crippen LogP contribution in [0.5, 0.6) is 0 Å². The van der Waals surface area contributed by atoms with Gasteiger partial charge in [0.05, 0.1) is 5.41 Å². The SMILES string of the molecule is CC(C)(C(=O)O)c1ccc(Cl)cc1Cl. The Bertz CT molecular complexity index is 372. The molecule has 0 spiro atoms. The average molecular weight is 233 g/mol. The molecule has 1 N–H and O–H groups in total. The number of benzene rings is 1. The highest BCUT2D eigenvalue weighted by molar-refractivity contribution is 6.35. The fourth-order valence-electron chi connectivity index (χ4n) is 1.11. The van der Waals surface area contributed by atoms with E-state index in [0.717, 1.165) is 0 Å². The predicted molar refractivity (Wildman–Crippen MR) is 57.1 cm³/mol. The smallest absolute Gasteiger partial charge is 0.313 e. The Labute approximate surface area is 92.5 Å². The van der Waals surface area contributed by atoms with Gasteiger partial charge in [0.15, 0.2) is 0 Å². The summed E-state index contributed by atoms with van der Waals surface area (Å²) < 4.78 is 0. The van der Waals surface area contributed by atoms with Gasteiger partial charge in [0.25, 0.3) is 0 Å². The maximum atomic E-state index is 11.0. The summed E-state index contributed by atoms with van der Waals surface area (Å²) in [6.45, 7) is 3.20. The first-order chi connectivity index (χ1) is 6.35. The zero-order chi connectivity index (χ0) is 10.9. The number of carbonyl (C=O) groups is 1. The predicted octanol–water partition coefficient (Wildman–Crippen LogP) is 3.36. The molecule has 0 radical (unpaired) electrons. The number of rotatable bonds is 2. The van der Waals surface area contributed by atoms with E-state index < -0.39 is 11.4 Å². The Hall–Kier alpha value is -0.730. The minimum Gasteiger partial charge on any atom is -0.481 e. The van der Waals surface area contributed by atoms with Crippen molar-refractivity contribution in [1.82, 2.24) is 0 Å². The lowest BCUT2D eigenvalue weighted by molar-refractivity contribution is -0.142. The molecular weight excluding hydrogens is 223 g/mol. The fourth-order valence-corrected chi connectivity index (χ4v) is 1.76. The van der Waals surface area contributed by atoms with E-state index in [0.29, 0.717) is 15.6 Å². The van der Waals surface area contributed by atoms with Gasteiger partial charge in [0.1, 0.15) is 0 Å². The molecule has 0 aliphatic heterocycles. The van der Waals surface area contributed by atoms with Gasteiger partial charge in [-0.3, -0.25) is 4.79 Å². The molecule has 0 atom stereocenters. The molecule has 0 amide bonds. The van der Waals surface area contributed by atoms with Crippen LogP contribution in [-0.2, 0) is 10.2 Å². The highest BCUT2D eigenvalue weighted by Gasteiger charge is 2.31. The minimum absolute atomic E-state index is 0.380. The zero-order valence-corrected chi connectivity index (χ0v) is 9.36. The lowest BCUT2D eigenvalue weighted by Crippen LogP contribution is -2.28. The molecule has 0 saturated heterocycles. The van der Waals surface area contributed by atoms with Crippen LogP contribution in [0.1, 0.15) is 19.4 Å². The van der Waals surface area contributed by atoms with E-state index in [1.807, 2.05) is 0 Å². The van der Waals surface area contributed by atoms with Crippen molar-refractivity contribution in [3.05, 3.63) is 33.8 Å². The van der Waals surface area contributed by atoms with Gasteiger partial charge < -0.3 is 5.11 Å². The summed E-state index contributed by atoms with van der Waals surface area (Å²) in [5, 5.41) is 9.88. The Kier molecular flexibility index (Phi) is 3.07. The first-order valence-electron chi connectivity index (χ1n) is 4.04. The van der Waals surface area contributed by atoms with Crippen LogP contribution in [0, 0.1) is 0 Å². The third-order valence-corrected chi connectivity index (χ3v) is 2.69. The van der Waals surface area contributed by atoms with Crippen LogP contribution >= 0.6 is 23.2 Å². The minimum atomic E-state index is -0.998. The van der Waals surface area contributed by atoms with Gasteiger partial charge in [0, 0.05) is 10.0 Å². The van der Waals surface area contributed by atoms with E-state index in [9.17, 15) is 4.79 Å². The van der Waals surface area contributed by atoms with Gasteiger partial charge >= 0.3 is 5.97 Å². The van der Waals surface area contributed by atoms with Gasteiger partial charge in [-0.1, -0.05) is 29.3 Å². The van der Waals surface area contributed by atoms with Gasteiger partial charge in [0.2, 0.25) is 0 Å². The van der Waals surface area contributed by atoms with Gasteiger partial charge in [-0.25, -0.2) is 0 Å². The number of halogens is 2. The third kappa shape index (κ3) is 2.02.